The summed E-state index contributed by atoms with van der Waals surface area (Å²) in [5.41, 5.74) is 0.475. The molecule has 0 amide bonds. The lowest BCUT2D eigenvalue weighted by molar-refractivity contribution is -0.115. The number of allylic oxidation sites excluding steroid dienone is 4. The van der Waals surface area contributed by atoms with Gasteiger partial charge >= 0.3 is 0 Å². The SMILES string of the molecule is CCCCCC(C)(C)C1=CC(=O)C=CC1=O. The van der Waals surface area contributed by atoms with Gasteiger partial charge in [-0.05, 0) is 30.1 Å². The van der Waals surface area contributed by atoms with Crippen LogP contribution in [0.5, 0.6) is 0 Å². The van der Waals surface area contributed by atoms with Gasteiger partial charge in [-0.2, -0.15) is 0 Å². The molecule has 0 saturated heterocycles. The number of ketones is 2. The minimum absolute atomic E-state index is 0.0129. The van der Waals surface area contributed by atoms with Crippen LogP contribution in [0.4, 0.5) is 0 Å². The van der Waals surface area contributed by atoms with Crippen molar-refractivity contribution in [1.29, 1.82) is 0 Å². The second kappa shape index (κ2) is 5.24. The molecule has 0 aliphatic heterocycles. The zero-order valence-corrected chi connectivity index (χ0v) is 10.4. The summed E-state index contributed by atoms with van der Waals surface area (Å²) in [6.45, 7) is 6.24. The molecule has 0 aromatic carbocycles. The molecule has 0 bridgehead atoms. The van der Waals surface area contributed by atoms with Gasteiger partial charge in [-0.25, -0.2) is 0 Å². The highest BCUT2D eigenvalue weighted by Crippen LogP contribution is 2.34. The molecule has 0 atom stereocenters. The van der Waals surface area contributed by atoms with Crippen molar-refractivity contribution in [2.24, 2.45) is 5.41 Å². The molecule has 0 N–H and O–H groups in total. The Balaban J connectivity index is 2.74. The highest BCUT2D eigenvalue weighted by Gasteiger charge is 2.29. The van der Waals surface area contributed by atoms with Gasteiger partial charge in [0.15, 0.2) is 11.6 Å². The molecular formula is C14H20O2. The Morgan fingerprint density at radius 2 is 1.81 bits per heavy atom. The van der Waals surface area contributed by atoms with Crippen LogP contribution < -0.4 is 0 Å². The molecule has 1 aliphatic rings. The molecular weight excluding hydrogens is 200 g/mol. The number of hydrogen-bond donors (Lipinski definition) is 0. The first-order chi connectivity index (χ1) is 7.47. The summed E-state index contributed by atoms with van der Waals surface area (Å²) >= 11 is 0. The number of unbranched alkanes of at least 4 members (excludes halogenated alkanes) is 2. The van der Waals surface area contributed by atoms with Crippen LogP contribution in [-0.4, -0.2) is 11.6 Å². The van der Waals surface area contributed by atoms with Crippen molar-refractivity contribution in [3.8, 4) is 0 Å². The van der Waals surface area contributed by atoms with Gasteiger partial charge in [-0.3, -0.25) is 9.59 Å². The van der Waals surface area contributed by atoms with Crippen LogP contribution in [0, 0.1) is 5.41 Å². The van der Waals surface area contributed by atoms with Crippen LogP contribution in [-0.2, 0) is 9.59 Å². The maximum absolute atomic E-state index is 11.7. The Hall–Kier alpha value is -1.18. The number of rotatable bonds is 5. The van der Waals surface area contributed by atoms with Crippen molar-refractivity contribution in [2.75, 3.05) is 0 Å². The lowest BCUT2D eigenvalue weighted by atomic mass is 9.76. The first kappa shape index (κ1) is 12.9. The van der Waals surface area contributed by atoms with Gasteiger partial charge < -0.3 is 0 Å². The van der Waals surface area contributed by atoms with Crippen LogP contribution in [0.3, 0.4) is 0 Å². The molecule has 2 heteroatoms. The van der Waals surface area contributed by atoms with Crippen molar-refractivity contribution in [3.05, 3.63) is 23.8 Å². The molecule has 88 valence electrons. The molecule has 0 heterocycles. The first-order valence-electron chi connectivity index (χ1n) is 5.96. The minimum atomic E-state index is -0.188. The lowest BCUT2D eigenvalue weighted by Crippen LogP contribution is -2.23. The number of carbonyl (C=O) groups is 2. The standard InChI is InChI=1S/C14H20O2/c1-4-5-6-9-14(2,3)12-10-11(15)7-8-13(12)16/h7-8,10H,4-6,9H2,1-3H3. The van der Waals surface area contributed by atoms with E-state index in [4.69, 9.17) is 0 Å². The Kier molecular flexibility index (Phi) is 4.22. The molecule has 0 unspecified atom stereocenters. The van der Waals surface area contributed by atoms with Gasteiger partial charge in [0.1, 0.15) is 0 Å². The van der Waals surface area contributed by atoms with Gasteiger partial charge in [-0.15, -0.1) is 0 Å². The normalized spacial score (nSPS) is 16.6. The van der Waals surface area contributed by atoms with Crippen LogP contribution in [0.15, 0.2) is 23.8 Å². The van der Waals surface area contributed by atoms with Crippen molar-refractivity contribution in [2.45, 2.75) is 46.5 Å². The molecule has 0 aromatic rings. The zero-order valence-electron chi connectivity index (χ0n) is 10.4. The van der Waals surface area contributed by atoms with Gasteiger partial charge in [0.2, 0.25) is 0 Å². The highest BCUT2D eigenvalue weighted by molar-refractivity contribution is 6.17. The third kappa shape index (κ3) is 3.16. The summed E-state index contributed by atoms with van der Waals surface area (Å²) in [5, 5.41) is 0. The van der Waals surface area contributed by atoms with Crippen molar-refractivity contribution < 1.29 is 9.59 Å². The summed E-state index contributed by atoms with van der Waals surface area (Å²) in [4.78, 5) is 23.0. The van der Waals surface area contributed by atoms with E-state index in [0.717, 1.165) is 12.8 Å². The summed E-state index contributed by atoms with van der Waals surface area (Å²) < 4.78 is 0. The van der Waals surface area contributed by atoms with Crippen LogP contribution in [0.2, 0.25) is 0 Å². The summed E-state index contributed by atoms with van der Waals surface area (Å²) in [6, 6.07) is 0. The fraction of sp³-hybridized carbons (Fsp3) is 0.571. The van der Waals surface area contributed by atoms with Gasteiger partial charge in [0.25, 0.3) is 0 Å². The Bertz CT molecular complexity index is 346. The monoisotopic (exact) mass is 220 g/mol. The lowest BCUT2D eigenvalue weighted by Gasteiger charge is -2.27. The summed E-state index contributed by atoms with van der Waals surface area (Å²) in [5.74, 6) is -0.0840. The van der Waals surface area contributed by atoms with Crippen LogP contribution in [0.1, 0.15) is 46.5 Å². The van der Waals surface area contributed by atoms with E-state index >= 15 is 0 Å². The second-order valence-electron chi connectivity index (χ2n) is 5.00. The minimum Gasteiger partial charge on any atom is -0.290 e. The van der Waals surface area contributed by atoms with Crippen molar-refractivity contribution in [3.63, 3.8) is 0 Å². The van der Waals surface area contributed by atoms with Gasteiger partial charge in [0.05, 0.1) is 0 Å². The van der Waals surface area contributed by atoms with E-state index in [1.54, 1.807) is 0 Å². The Morgan fingerprint density at radius 1 is 1.12 bits per heavy atom. The Morgan fingerprint density at radius 3 is 2.44 bits per heavy atom. The van der Waals surface area contributed by atoms with Gasteiger partial charge in [0, 0.05) is 5.57 Å². The van der Waals surface area contributed by atoms with E-state index in [-0.39, 0.29) is 17.0 Å². The molecule has 0 saturated carbocycles. The van der Waals surface area contributed by atoms with Crippen LogP contribution >= 0.6 is 0 Å². The van der Waals surface area contributed by atoms with E-state index in [1.165, 1.54) is 31.1 Å². The topological polar surface area (TPSA) is 34.1 Å². The Labute approximate surface area is 97.4 Å². The third-order valence-corrected chi connectivity index (χ3v) is 3.09. The summed E-state index contributed by atoms with van der Waals surface area (Å²) in [7, 11) is 0. The van der Waals surface area contributed by atoms with E-state index in [2.05, 4.69) is 6.92 Å². The maximum Gasteiger partial charge on any atom is 0.182 e. The maximum atomic E-state index is 11.7. The fourth-order valence-electron chi connectivity index (χ4n) is 1.99. The average Bonchev–Trinajstić information content (AvgIpc) is 2.22. The summed E-state index contributed by atoms with van der Waals surface area (Å²) in [6.07, 6.45) is 8.63. The average molecular weight is 220 g/mol. The van der Waals surface area contributed by atoms with Crippen LogP contribution in [0.25, 0.3) is 0 Å². The molecule has 1 aliphatic carbocycles. The van der Waals surface area contributed by atoms with Crippen molar-refractivity contribution >= 4 is 11.6 Å². The smallest absolute Gasteiger partial charge is 0.182 e. The molecule has 0 aromatic heterocycles. The van der Waals surface area contributed by atoms with E-state index in [0.29, 0.717) is 5.57 Å². The quantitative estimate of drug-likeness (QED) is 0.526. The molecule has 2 nitrogen and oxygen atoms in total. The number of hydrogen-bond acceptors (Lipinski definition) is 2. The predicted octanol–water partition coefficient (Wildman–Crippen LogP) is 3.23. The first-order valence-corrected chi connectivity index (χ1v) is 5.96. The largest absolute Gasteiger partial charge is 0.290 e. The second-order valence-corrected chi connectivity index (χ2v) is 5.00. The highest BCUT2D eigenvalue weighted by atomic mass is 16.1. The molecule has 0 fully saturated rings. The fourth-order valence-corrected chi connectivity index (χ4v) is 1.99. The molecule has 1 rings (SSSR count). The van der Waals surface area contributed by atoms with E-state index in [1.807, 2.05) is 13.8 Å². The van der Waals surface area contributed by atoms with E-state index in [9.17, 15) is 9.59 Å². The molecule has 0 radical (unpaired) electrons. The molecule has 0 spiro atoms. The predicted molar refractivity (Wildman–Crippen MR) is 65.2 cm³/mol. The van der Waals surface area contributed by atoms with Crippen molar-refractivity contribution in [1.82, 2.24) is 0 Å². The molecule has 16 heavy (non-hydrogen) atoms. The third-order valence-electron chi connectivity index (χ3n) is 3.09. The van der Waals surface area contributed by atoms with Gasteiger partial charge in [-0.1, -0.05) is 40.0 Å². The number of carbonyl (C=O) groups excluding carboxylic acids is 2. The van der Waals surface area contributed by atoms with E-state index < -0.39 is 0 Å². The zero-order chi connectivity index (χ0) is 12.2.